The second-order valence-corrected chi connectivity index (χ2v) is 7.48. The molecule has 1 saturated heterocycles. The number of ether oxygens (including phenoxy) is 2. The average Bonchev–Trinajstić information content (AvgIpc) is 3.13. The van der Waals surface area contributed by atoms with E-state index in [2.05, 4.69) is 5.32 Å². The van der Waals surface area contributed by atoms with Gasteiger partial charge in [0.25, 0.3) is 5.91 Å². The van der Waals surface area contributed by atoms with Crippen molar-refractivity contribution in [3.05, 3.63) is 54.1 Å². The van der Waals surface area contributed by atoms with Crippen molar-refractivity contribution in [3.63, 3.8) is 0 Å². The number of carbonyl (C=O) groups is 3. The van der Waals surface area contributed by atoms with E-state index in [9.17, 15) is 14.4 Å². The van der Waals surface area contributed by atoms with Crippen LogP contribution >= 0.6 is 0 Å². The maximum absolute atomic E-state index is 12.4. The Morgan fingerprint density at radius 2 is 1.83 bits per heavy atom. The first-order chi connectivity index (χ1) is 14.4. The lowest BCUT2D eigenvalue weighted by Crippen LogP contribution is -2.28. The number of para-hydroxylation sites is 3. The zero-order valence-electron chi connectivity index (χ0n) is 17.4. The molecule has 2 aromatic carbocycles. The molecule has 1 N–H and O–H groups in total. The molecule has 1 atom stereocenters. The van der Waals surface area contributed by atoms with Crippen molar-refractivity contribution in [2.24, 2.45) is 5.92 Å². The second kappa shape index (κ2) is 9.43. The fourth-order valence-electron chi connectivity index (χ4n) is 3.51. The molecule has 1 heterocycles. The highest BCUT2D eigenvalue weighted by Crippen LogP contribution is 2.33. The summed E-state index contributed by atoms with van der Waals surface area (Å²) in [5.41, 5.74) is 2.32. The number of anilines is 2. The largest absolute Gasteiger partial charge is 0.495 e. The van der Waals surface area contributed by atoms with Gasteiger partial charge in [-0.15, -0.1) is 0 Å². The highest BCUT2D eigenvalue weighted by atomic mass is 16.5. The van der Waals surface area contributed by atoms with Crippen LogP contribution in [0.5, 0.6) is 5.75 Å². The summed E-state index contributed by atoms with van der Waals surface area (Å²) in [7, 11) is 1.53. The van der Waals surface area contributed by atoms with Crippen molar-refractivity contribution < 1.29 is 23.9 Å². The number of carbonyl (C=O) groups excluding carboxylic acids is 3. The number of nitrogens with zero attached hydrogens (tertiary/aromatic N) is 1. The summed E-state index contributed by atoms with van der Waals surface area (Å²) >= 11 is 0. The van der Waals surface area contributed by atoms with E-state index in [1.165, 1.54) is 12.0 Å². The molecule has 30 heavy (non-hydrogen) atoms. The zero-order chi connectivity index (χ0) is 21.7. The Balaban J connectivity index is 1.57. The van der Waals surface area contributed by atoms with E-state index in [1.807, 2.05) is 44.2 Å². The molecule has 3 rings (SSSR count). The van der Waals surface area contributed by atoms with Crippen molar-refractivity contribution >= 4 is 29.2 Å². The lowest BCUT2D eigenvalue weighted by Gasteiger charge is -2.19. The first kappa shape index (κ1) is 21.4. The Hall–Kier alpha value is -3.35. The molecule has 1 aliphatic heterocycles. The topological polar surface area (TPSA) is 84.9 Å². The summed E-state index contributed by atoms with van der Waals surface area (Å²) in [5.74, 6) is -0.983. The first-order valence-electron chi connectivity index (χ1n) is 9.89. The molecular formula is C23H26N2O5. The SMILES string of the molecule is COc1ccccc1N1C[C@@H](C(=O)OCC(=O)Nc2ccccc2C(C)C)CC1=O. The van der Waals surface area contributed by atoms with E-state index in [0.717, 1.165) is 5.56 Å². The number of methoxy groups -OCH3 is 1. The van der Waals surface area contributed by atoms with Crippen LogP contribution in [0.1, 0.15) is 31.7 Å². The van der Waals surface area contributed by atoms with E-state index in [4.69, 9.17) is 9.47 Å². The third-order valence-corrected chi connectivity index (χ3v) is 5.04. The van der Waals surface area contributed by atoms with Gasteiger partial charge in [0.2, 0.25) is 5.91 Å². The number of esters is 1. The van der Waals surface area contributed by atoms with Crippen LogP contribution < -0.4 is 15.0 Å². The van der Waals surface area contributed by atoms with Gasteiger partial charge >= 0.3 is 5.97 Å². The highest BCUT2D eigenvalue weighted by Gasteiger charge is 2.37. The van der Waals surface area contributed by atoms with Crippen molar-refractivity contribution in [1.29, 1.82) is 0 Å². The fraction of sp³-hybridized carbons (Fsp3) is 0.348. The molecular weight excluding hydrogens is 384 g/mol. The van der Waals surface area contributed by atoms with Gasteiger partial charge in [0.15, 0.2) is 6.61 Å². The maximum Gasteiger partial charge on any atom is 0.311 e. The van der Waals surface area contributed by atoms with Crippen LogP contribution in [0.25, 0.3) is 0 Å². The maximum atomic E-state index is 12.4. The zero-order valence-corrected chi connectivity index (χ0v) is 17.4. The van der Waals surface area contributed by atoms with Crippen LogP contribution in [-0.4, -0.2) is 38.0 Å². The van der Waals surface area contributed by atoms with Gasteiger partial charge in [0.05, 0.1) is 18.7 Å². The molecule has 0 aromatic heterocycles. The van der Waals surface area contributed by atoms with Crippen LogP contribution in [-0.2, 0) is 19.1 Å². The molecule has 1 aliphatic rings. The van der Waals surface area contributed by atoms with Gasteiger partial charge in [-0.2, -0.15) is 0 Å². The summed E-state index contributed by atoms with van der Waals surface area (Å²) in [4.78, 5) is 38.6. The van der Waals surface area contributed by atoms with Crippen molar-refractivity contribution in [2.75, 3.05) is 30.5 Å². The van der Waals surface area contributed by atoms with E-state index >= 15 is 0 Å². The lowest BCUT2D eigenvalue weighted by atomic mass is 10.0. The minimum absolute atomic E-state index is 0.0364. The third-order valence-electron chi connectivity index (χ3n) is 5.04. The Kier molecular flexibility index (Phi) is 6.72. The van der Waals surface area contributed by atoms with Crippen LogP contribution in [0.3, 0.4) is 0 Å². The second-order valence-electron chi connectivity index (χ2n) is 7.48. The number of hydrogen-bond donors (Lipinski definition) is 1. The quantitative estimate of drug-likeness (QED) is 0.708. The van der Waals surface area contributed by atoms with Crippen LogP contribution in [0.4, 0.5) is 11.4 Å². The molecule has 0 radical (unpaired) electrons. The minimum Gasteiger partial charge on any atom is -0.495 e. The normalized spacial score (nSPS) is 15.9. The number of nitrogens with one attached hydrogen (secondary N) is 1. The summed E-state index contributed by atoms with van der Waals surface area (Å²) in [6.07, 6.45) is 0.0364. The van der Waals surface area contributed by atoms with E-state index in [0.29, 0.717) is 17.1 Å². The van der Waals surface area contributed by atoms with E-state index in [1.54, 1.807) is 18.2 Å². The molecule has 7 heteroatoms. The van der Waals surface area contributed by atoms with Crippen LogP contribution in [0, 0.1) is 5.92 Å². The molecule has 0 bridgehead atoms. The molecule has 7 nitrogen and oxygen atoms in total. The first-order valence-corrected chi connectivity index (χ1v) is 9.89. The predicted octanol–water partition coefficient (Wildman–Crippen LogP) is 3.35. The summed E-state index contributed by atoms with van der Waals surface area (Å²) < 4.78 is 10.5. The van der Waals surface area contributed by atoms with Crippen molar-refractivity contribution in [1.82, 2.24) is 0 Å². The molecule has 1 fully saturated rings. The summed E-state index contributed by atoms with van der Waals surface area (Å²) in [6.45, 7) is 3.87. The smallest absolute Gasteiger partial charge is 0.311 e. The summed E-state index contributed by atoms with van der Waals surface area (Å²) in [5, 5.41) is 2.79. The average molecular weight is 410 g/mol. The number of amides is 2. The van der Waals surface area contributed by atoms with E-state index in [-0.39, 0.29) is 24.8 Å². The van der Waals surface area contributed by atoms with Crippen molar-refractivity contribution in [2.45, 2.75) is 26.2 Å². The molecule has 0 saturated carbocycles. The Morgan fingerprint density at radius 1 is 1.13 bits per heavy atom. The fourth-order valence-corrected chi connectivity index (χ4v) is 3.51. The highest BCUT2D eigenvalue weighted by molar-refractivity contribution is 6.01. The molecule has 158 valence electrons. The van der Waals surface area contributed by atoms with Gasteiger partial charge in [0.1, 0.15) is 5.75 Å². The van der Waals surface area contributed by atoms with E-state index < -0.39 is 24.4 Å². The molecule has 2 amide bonds. The van der Waals surface area contributed by atoms with Gasteiger partial charge < -0.3 is 19.7 Å². The standard InChI is InChI=1S/C23H26N2O5/c1-15(2)17-8-4-5-9-18(17)24-21(26)14-30-23(28)16-12-22(27)25(13-16)19-10-6-7-11-20(19)29-3/h4-11,15-16H,12-14H2,1-3H3,(H,24,26)/t16-/m0/s1. The monoisotopic (exact) mass is 410 g/mol. The Bertz CT molecular complexity index is 941. The lowest BCUT2D eigenvalue weighted by molar-refractivity contribution is -0.151. The number of benzene rings is 2. The number of rotatable bonds is 7. The van der Waals surface area contributed by atoms with Crippen LogP contribution in [0.2, 0.25) is 0 Å². The van der Waals surface area contributed by atoms with Gasteiger partial charge in [-0.1, -0.05) is 44.2 Å². The summed E-state index contributed by atoms with van der Waals surface area (Å²) in [6, 6.07) is 14.6. The van der Waals surface area contributed by atoms with Gasteiger partial charge in [-0.05, 0) is 29.7 Å². The number of hydrogen-bond acceptors (Lipinski definition) is 5. The molecule has 0 aliphatic carbocycles. The van der Waals surface area contributed by atoms with Gasteiger partial charge in [-0.25, -0.2) is 0 Å². The molecule has 2 aromatic rings. The van der Waals surface area contributed by atoms with Crippen LogP contribution in [0.15, 0.2) is 48.5 Å². The molecule has 0 unspecified atom stereocenters. The minimum atomic E-state index is -0.627. The Morgan fingerprint density at radius 3 is 2.57 bits per heavy atom. The molecule has 0 spiro atoms. The van der Waals surface area contributed by atoms with Gasteiger partial charge in [-0.3, -0.25) is 14.4 Å². The van der Waals surface area contributed by atoms with Crippen molar-refractivity contribution in [3.8, 4) is 5.75 Å². The van der Waals surface area contributed by atoms with Gasteiger partial charge in [0, 0.05) is 18.7 Å². The Labute approximate surface area is 176 Å². The predicted molar refractivity (Wildman–Crippen MR) is 114 cm³/mol. The third kappa shape index (κ3) is 4.79.